The van der Waals surface area contributed by atoms with Crippen molar-refractivity contribution < 1.29 is 22.9 Å². The number of carbonyl (C=O) groups is 1. The monoisotopic (exact) mass is 565 g/mol. The van der Waals surface area contributed by atoms with Crippen LogP contribution in [-0.2, 0) is 21.4 Å². The molecule has 0 unspecified atom stereocenters. The number of aliphatic carboxylic acids is 1. The normalized spacial score (nSPS) is 11.3. The molecule has 0 amide bonds. The van der Waals surface area contributed by atoms with Crippen molar-refractivity contribution in [3.63, 3.8) is 0 Å². The van der Waals surface area contributed by atoms with Crippen LogP contribution < -0.4 is 14.6 Å². The maximum atomic E-state index is 12.4. The quantitative estimate of drug-likeness (QED) is 0.285. The molecule has 0 aliphatic rings. The topological polar surface area (TPSA) is 109 Å². The van der Waals surface area contributed by atoms with Gasteiger partial charge in [-0.25, -0.2) is 17.3 Å². The molecule has 0 saturated carbocycles. The molecule has 0 fully saturated rings. The van der Waals surface area contributed by atoms with Gasteiger partial charge in [-0.05, 0) is 50.2 Å². The summed E-state index contributed by atoms with van der Waals surface area (Å²) in [5.74, 6) is -1.08. The summed E-state index contributed by atoms with van der Waals surface area (Å²) in [5, 5.41) is 17.5. The summed E-state index contributed by atoms with van der Waals surface area (Å²) in [6, 6.07) is 16.5. The molecule has 0 aliphatic carbocycles. The van der Waals surface area contributed by atoms with Crippen LogP contribution in [0.15, 0.2) is 82.1 Å². The van der Waals surface area contributed by atoms with Crippen LogP contribution in [0.25, 0.3) is 0 Å². The van der Waals surface area contributed by atoms with E-state index in [1.54, 1.807) is 0 Å². The standard InChI is InChI=1S/C23H26Cl2N5O2S.C2H4O2/c1-4-30(15-14-29-12-6-5-7-13-29)19-10-8-18(9-11-19)26-27-22-16-21(25)23(17-20(22)24)33(31,32)28(2)3;1-2(3)4/h5-13,16-17H,4,14-15H2,1-3H3;1H3,(H,3,4)/q+1;/p-1. The van der Waals surface area contributed by atoms with Crippen LogP contribution in [0.2, 0.25) is 10.0 Å². The molecule has 0 radical (unpaired) electrons. The number of pyridine rings is 1. The zero-order valence-electron chi connectivity index (χ0n) is 21.0. The number of likely N-dealkylation sites (N-methyl/N-ethyl adjacent to an activating group) is 1. The number of carbonyl (C=O) groups excluding carboxylic acids is 1. The van der Waals surface area contributed by atoms with Crippen LogP contribution in [0.3, 0.4) is 0 Å². The maximum absolute atomic E-state index is 12.4. The lowest BCUT2D eigenvalue weighted by Crippen LogP contribution is -2.40. The number of carboxylic acid groups (broad SMARTS) is 1. The van der Waals surface area contributed by atoms with Crippen molar-refractivity contribution in [3.8, 4) is 0 Å². The molecule has 0 aliphatic heterocycles. The highest BCUT2D eigenvalue weighted by atomic mass is 35.5. The van der Waals surface area contributed by atoms with Gasteiger partial charge < -0.3 is 14.8 Å². The molecule has 2 aromatic carbocycles. The number of anilines is 1. The average molecular weight is 567 g/mol. The van der Waals surface area contributed by atoms with Gasteiger partial charge in [0.05, 0.1) is 22.3 Å². The fraction of sp³-hybridized carbons (Fsp3) is 0.280. The van der Waals surface area contributed by atoms with E-state index in [1.165, 1.54) is 26.2 Å². The van der Waals surface area contributed by atoms with Gasteiger partial charge in [0.1, 0.15) is 10.6 Å². The minimum atomic E-state index is -3.71. The van der Waals surface area contributed by atoms with Crippen molar-refractivity contribution in [3.05, 3.63) is 77.0 Å². The predicted octanol–water partition coefficient (Wildman–Crippen LogP) is 4.23. The Morgan fingerprint density at radius 1 is 1.00 bits per heavy atom. The highest BCUT2D eigenvalue weighted by Crippen LogP contribution is 2.35. The van der Waals surface area contributed by atoms with Gasteiger partial charge in [0, 0.05) is 44.4 Å². The van der Waals surface area contributed by atoms with Crippen LogP contribution >= 0.6 is 23.2 Å². The van der Waals surface area contributed by atoms with E-state index in [9.17, 15) is 8.42 Å². The second-order valence-corrected chi connectivity index (χ2v) is 10.9. The molecule has 0 N–H and O–H groups in total. The van der Waals surface area contributed by atoms with Gasteiger partial charge >= 0.3 is 0 Å². The fourth-order valence-corrected chi connectivity index (χ4v) is 4.80. The summed E-state index contributed by atoms with van der Waals surface area (Å²) in [7, 11) is -0.858. The Balaban J connectivity index is 0.00000112. The molecule has 0 bridgehead atoms. The van der Waals surface area contributed by atoms with Gasteiger partial charge in [-0.3, -0.25) is 0 Å². The molecule has 0 spiro atoms. The molecular weight excluding hydrogens is 537 g/mol. The molecular formula is C25H29Cl2N5O4S. The number of halogens is 2. The average Bonchev–Trinajstić information content (AvgIpc) is 2.85. The molecule has 0 atom stereocenters. The summed E-state index contributed by atoms with van der Waals surface area (Å²) < 4.78 is 27.9. The Morgan fingerprint density at radius 3 is 2.14 bits per heavy atom. The molecule has 0 saturated heterocycles. The minimum Gasteiger partial charge on any atom is -0.550 e. The van der Waals surface area contributed by atoms with Crippen LogP contribution in [0.1, 0.15) is 13.8 Å². The summed E-state index contributed by atoms with van der Waals surface area (Å²) >= 11 is 12.4. The Bertz CT molecular complexity index is 1310. The largest absolute Gasteiger partial charge is 0.550 e. The summed E-state index contributed by atoms with van der Waals surface area (Å²) in [4.78, 5) is 11.1. The van der Waals surface area contributed by atoms with Gasteiger partial charge in [-0.2, -0.15) is 5.11 Å². The van der Waals surface area contributed by atoms with E-state index in [0.29, 0.717) is 11.4 Å². The fourth-order valence-electron chi connectivity index (χ4n) is 3.12. The second kappa shape index (κ2) is 14.0. The van der Waals surface area contributed by atoms with E-state index in [-0.39, 0.29) is 14.9 Å². The zero-order chi connectivity index (χ0) is 27.6. The molecule has 198 valence electrons. The van der Waals surface area contributed by atoms with E-state index in [4.69, 9.17) is 33.1 Å². The number of azo groups is 1. The van der Waals surface area contributed by atoms with Gasteiger partial charge in [0.15, 0.2) is 18.9 Å². The molecule has 37 heavy (non-hydrogen) atoms. The molecule has 1 heterocycles. The van der Waals surface area contributed by atoms with E-state index >= 15 is 0 Å². The predicted molar refractivity (Wildman–Crippen MR) is 143 cm³/mol. The number of rotatable bonds is 9. The first-order chi connectivity index (χ1) is 17.4. The van der Waals surface area contributed by atoms with Crippen LogP contribution in [0.5, 0.6) is 0 Å². The van der Waals surface area contributed by atoms with Gasteiger partial charge in [0.25, 0.3) is 0 Å². The lowest BCUT2D eigenvalue weighted by molar-refractivity contribution is -0.694. The maximum Gasteiger partial charge on any atom is 0.244 e. The Morgan fingerprint density at radius 2 is 1.59 bits per heavy atom. The lowest BCUT2D eigenvalue weighted by atomic mass is 10.2. The van der Waals surface area contributed by atoms with Crippen molar-refractivity contribution in [1.29, 1.82) is 0 Å². The molecule has 3 aromatic rings. The third-order valence-electron chi connectivity index (χ3n) is 5.04. The van der Waals surface area contributed by atoms with Crippen molar-refractivity contribution in [1.82, 2.24) is 4.31 Å². The Hall–Kier alpha value is -3.05. The first kappa shape index (κ1) is 30.2. The van der Waals surface area contributed by atoms with Crippen molar-refractivity contribution in [2.24, 2.45) is 10.2 Å². The molecule has 12 heteroatoms. The molecule has 9 nitrogen and oxygen atoms in total. The van der Waals surface area contributed by atoms with Gasteiger partial charge in [-0.1, -0.05) is 29.3 Å². The van der Waals surface area contributed by atoms with Crippen LogP contribution in [0.4, 0.5) is 17.1 Å². The van der Waals surface area contributed by atoms with E-state index in [0.717, 1.165) is 36.6 Å². The number of hydrogen-bond acceptors (Lipinski definition) is 7. The summed E-state index contributed by atoms with van der Waals surface area (Å²) in [6.07, 6.45) is 4.11. The highest BCUT2D eigenvalue weighted by molar-refractivity contribution is 7.89. The number of aromatic nitrogens is 1. The van der Waals surface area contributed by atoms with Gasteiger partial charge in [0.2, 0.25) is 10.0 Å². The third kappa shape index (κ3) is 9.08. The Labute approximate surface area is 227 Å². The minimum absolute atomic E-state index is 0.0345. The number of hydrogen-bond donors (Lipinski definition) is 0. The second-order valence-electron chi connectivity index (χ2n) is 7.92. The van der Waals surface area contributed by atoms with Crippen molar-refractivity contribution in [2.45, 2.75) is 25.3 Å². The van der Waals surface area contributed by atoms with E-state index in [2.05, 4.69) is 39.0 Å². The lowest BCUT2D eigenvalue weighted by Gasteiger charge is -2.21. The SMILES string of the molecule is CC(=O)[O-].CCN(CC[n+]1ccccc1)c1ccc(N=Nc2cc(Cl)c(S(=O)(=O)N(C)C)cc2Cl)cc1. The number of carboxylic acids is 1. The van der Waals surface area contributed by atoms with E-state index < -0.39 is 16.0 Å². The number of benzene rings is 2. The van der Waals surface area contributed by atoms with Crippen molar-refractivity contribution >= 4 is 56.3 Å². The number of nitrogens with zero attached hydrogens (tertiary/aromatic N) is 5. The third-order valence-corrected chi connectivity index (χ3v) is 7.62. The smallest absolute Gasteiger partial charge is 0.244 e. The van der Waals surface area contributed by atoms with Crippen LogP contribution in [0, 0.1) is 0 Å². The highest BCUT2D eigenvalue weighted by Gasteiger charge is 2.22. The summed E-state index contributed by atoms with van der Waals surface area (Å²) in [5.41, 5.74) is 2.02. The molecule has 3 rings (SSSR count). The summed E-state index contributed by atoms with van der Waals surface area (Å²) in [6.45, 7) is 5.73. The first-order valence-corrected chi connectivity index (χ1v) is 13.4. The van der Waals surface area contributed by atoms with E-state index in [1.807, 2.05) is 42.5 Å². The van der Waals surface area contributed by atoms with Crippen LogP contribution in [-0.4, -0.2) is 45.9 Å². The van der Waals surface area contributed by atoms with Gasteiger partial charge in [-0.15, -0.1) is 5.11 Å². The first-order valence-electron chi connectivity index (χ1n) is 11.3. The number of sulfonamides is 1. The van der Waals surface area contributed by atoms with Crippen molar-refractivity contribution in [2.75, 3.05) is 32.1 Å². The zero-order valence-corrected chi connectivity index (χ0v) is 23.3. The molecule has 1 aromatic heterocycles. The Kier molecular flexibility index (Phi) is 11.4.